The summed E-state index contributed by atoms with van der Waals surface area (Å²) in [6, 6.07) is 0. The summed E-state index contributed by atoms with van der Waals surface area (Å²) in [6.45, 7) is 8.16. The molecule has 0 heterocycles. The third kappa shape index (κ3) is 6.31. The SMILES string of the molecule is CCOP(=O)(CCC(O)C(C)C)OCC. The molecule has 0 aliphatic rings. The van der Waals surface area contributed by atoms with Crippen molar-refractivity contribution in [2.24, 2.45) is 5.92 Å². The molecule has 0 spiro atoms. The molecule has 0 fully saturated rings. The number of aliphatic hydroxyl groups is 1. The summed E-state index contributed by atoms with van der Waals surface area (Å²) in [4.78, 5) is 0. The zero-order chi connectivity index (χ0) is 11.9. The maximum absolute atomic E-state index is 12.0. The van der Waals surface area contributed by atoms with Crippen LogP contribution in [0, 0.1) is 5.92 Å². The summed E-state index contributed by atoms with van der Waals surface area (Å²) >= 11 is 0. The average molecular weight is 238 g/mol. The third-order valence-electron chi connectivity index (χ3n) is 2.12. The fourth-order valence-electron chi connectivity index (χ4n) is 1.18. The van der Waals surface area contributed by atoms with E-state index < -0.39 is 13.7 Å². The largest absolute Gasteiger partial charge is 0.393 e. The molecule has 4 nitrogen and oxygen atoms in total. The molecule has 0 saturated heterocycles. The molecule has 0 bridgehead atoms. The Morgan fingerprint density at radius 1 is 1.20 bits per heavy atom. The van der Waals surface area contributed by atoms with Crippen LogP contribution in [0.15, 0.2) is 0 Å². The highest BCUT2D eigenvalue weighted by molar-refractivity contribution is 7.53. The van der Waals surface area contributed by atoms with Gasteiger partial charge in [0.1, 0.15) is 0 Å². The highest BCUT2D eigenvalue weighted by Gasteiger charge is 2.25. The Bertz CT molecular complexity index is 196. The van der Waals surface area contributed by atoms with E-state index in [0.717, 1.165) is 0 Å². The second-order valence-electron chi connectivity index (χ2n) is 3.77. The van der Waals surface area contributed by atoms with Crippen LogP contribution in [0.1, 0.15) is 34.1 Å². The summed E-state index contributed by atoms with van der Waals surface area (Å²) in [5, 5.41) is 9.59. The standard InChI is InChI=1S/C10H23O4P/c1-5-13-15(12,14-6-2)8-7-10(11)9(3)4/h9-11H,5-8H2,1-4H3. The zero-order valence-electron chi connectivity index (χ0n) is 10.1. The van der Waals surface area contributed by atoms with Crippen LogP contribution in [0.25, 0.3) is 0 Å². The topological polar surface area (TPSA) is 55.8 Å². The van der Waals surface area contributed by atoms with Crippen LogP contribution < -0.4 is 0 Å². The quantitative estimate of drug-likeness (QED) is 0.660. The van der Waals surface area contributed by atoms with E-state index in [1.807, 2.05) is 13.8 Å². The molecule has 1 unspecified atom stereocenters. The van der Waals surface area contributed by atoms with Crippen molar-refractivity contribution in [3.05, 3.63) is 0 Å². The fraction of sp³-hybridized carbons (Fsp3) is 1.00. The molecule has 0 aliphatic carbocycles. The molecule has 92 valence electrons. The Kier molecular flexibility index (Phi) is 7.45. The van der Waals surface area contributed by atoms with Gasteiger partial charge in [-0.15, -0.1) is 0 Å². The molecule has 0 aromatic heterocycles. The first-order chi connectivity index (χ1) is 6.95. The monoisotopic (exact) mass is 238 g/mol. The second kappa shape index (κ2) is 7.39. The van der Waals surface area contributed by atoms with Crippen LogP contribution in [-0.2, 0) is 13.6 Å². The zero-order valence-corrected chi connectivity index (χ0v) is 11.0. The maximum atomic E-state index is 12.0. The molecule has 0 saturated carbocycles. The third-order valence-corrected chi connectivity index (χ3v) is 4.23. The van der Waals surface area contributed by atoms with Crippen LogP contribution in [0.4, 0.5) is 0 Å². The number of aliphatic hydroxyl groups excluding tert-OH is 1. The van der Waals surface area contributed by atoms with Crippen LogP contribution in [0.3, 0.4) is 0 Å². The van der Waals surface area contributed by atoms with Crippen LogP contribution in [-0.4, -0.2) is 30.6 Å². The van der Waals surface area contributed by atoms with Gasteiger partial charge in [-0.3, -0.25) is 4.57 Å². The summed E-state index contributed by atoms with van der Waals surface area (Å²) in [5.41, 5.74) is 0. The van der Waals surface area contributed by atoms with Crippen molar-refractivity contribution in [1.29, 1.82) is 0 Å². The molecule has 1 N–H and O–H groups in total. The van der Waals surface area contributed by atoms with E-state index in [1.165, 1.54) is 0 Å². The van der Waals surface area contributed by atoms with Crippen molar-refractivity contribution >= 4 is 7.60 Å². The van der Waals surface area contributed by atoms with Crippen molar-refractivity contribution in [2.45, 2.75) is 40.2 Å². The van der Waals surface area contributed by atoms with Crippen molar-refractivity contribution < 1.29 is 18.7 Å². The lowest BCUT2D eigenvalue weighted by molar-refractivity contribution is 0.118. The average Bonchev–Trinajstić information content (AvgIpc) is 2.15. The molecule has 0 rings (SSSR count). The van der Waals surface area contributed by atoms with Crippen molar-refractivity contribution in [1.82, 2.24) is 0 Å². The van der Waals surface area contributed by atoms with Crippen LogP contribution in [0.2, 0.25) is 0 Å². The minimum atomic E-state index is -2.97. The van der Waals surface area contributed by atoms with E-state index in [9.17, 15) is 9.67 Å². The minimum Gasteiger partial charge on any atom is -0.393 e. The highest BCUT2D eigenvalue weighted by Crippen LogP contribution is 2.48. The van der Waals surface area contributed by atoms with Gasteiger partial charge in [-0.25, -0.2) is 0 Å². The molecule has 1 atom stereocenters. The number of hydrogen-bond acceptors (Lipinski definition) is 4. The first kappa shape index (κ1) is 15.1. The van der Waals surface area contributed by atoms with E-state index in [-0.39, 0.29) is 12.1 Å². The molecule has 5 heteroatoms. The van der Waals surface area contributed by atoms with Gasteiger partial charge in [-0.1, -0.05) is 13.8 Å². The Labute approximate surface area is 92.5 Å². The van der Waals surface area contributed by atoms with Gasteiger partial charge in [0.2, 0.25) is 0 Å². The van der Waals surface area contributed by atoms with E-state index in [2.05, 4.69) is 0 Å². The highest BCUT2D eigenvalue weighted by atomic mass is 31.2. The van der Waals surface area contributed by atoms with Gasteiger partial charge in [-0.2, -0.15) is 0 Å². The van der Waals surface area contributed by atoms with Gasteiger partial charge in [0.15, 0.2) is 0 Å². The van der Waals surface area contributed by atoms with Crippen molar-refractivity contribution in [3.63, 3.8) is 0 Å². The summed E-state index contributed by atoms with van der Waals surface area (Å²) < 4.78 is 22.2. The lowest BCUT2D eigenvalue weighted by atomic mass is 10.1. The maximum Gasteiger partial charge on any atom is 0.330 e. The van der Waals surface area contributed by atoms with Crippen LogP contribution >= 0.6 is 7.60 Å². The first-order valence-corrected chi connectivity index (χ1v) is 7.24. The molecule has 0 amide bonds. The Morgan fingerprint density at radius 2 is 1.67 bits per heavy atom. The summed E-state index contributed by atoms with van der Waals surface area (Å²) in [5.74, 6) is 0.168. The number of rotatable bonds is 8. The van der Waals surface area contributed by atoms with Gasteiger partial charge >= 0.3 is 7.60 Å². The summed E-state index contributed by atoms with van der Waals surface area (Å²) in [6.07, 6.45) is 0.294. The van der Waals surface area contributed by atoms with E-state index >= 15 is 0 Å². The Hall–Kier alpha value is 0.110. The van der Waals surface area contributed by atoms with Gasteiger partial charge in [0.05, 0.1) is 25.5 Å². The van der Waals surface area contributed by atoms with Gasteiger partial charge in [0, 0.05) is 0 Å². The molecule has 0 aromatic carbocycles. The predicted octanol–water partition coefficient (Wildman–Crippen LogP) is 2.66. The second-order valence-corrected chi connectivity index (χ2v) is 5.96. The van der Waals surface area contributed by atoms with Crippen LogP contribution in [0.5, 0.6) is 0 Å². The molecule has 15 heavy (non-hydrogen) atoms. The van der Waals surface area contributed by atoms with E-state index in [0.29, 0.717) is 19.6 Å². The van der Waals surface area contributed by atoms with Gasteiger partial charge in [-0.05, 0) is 26.2 Å². The van der Waals surface area contributed by atoms with Gasteiger partial charge in [0.25, 0.3) is 0 Å². The number of hydrogen-bond donors (Lipinski definition) is 1. The molecule has 0 aromatic rings. The van der Waals surface area contributed by atoms with E-state index in [4.69, 9.17) is 9.05 Å². The Balaban J connectivity index is 4.12. The van der Waals surface area contributed by atoms with Crippen molar-refractivity contribution in [3.8, 4) is 0 Å². The Morgan fingerprint density at radius 3 is 2.00 bits per heavy atom. The molecule has 0 aliphatic heterocycles. The van der Waals surface area contributed by atoms with Crippen molar-refractivity contribution in [2.75, 3.05) is 19.4 Å². The van der Waals surface area contributed by atoms with Gasteiger partial charge < -0.3 is 14.2 Å². The lowest BCUT2D eigenvalue weighted by Crippen LogP contribution is -2.17. The molecular weight excluding hydrogens is 215 g/mol. The normalized spacial score (nSPS) is 14.5. The summed E-state index contributed by atoms with van der Waals surface area (Å²) in [7, 11) is -2.97. The molecule has 0 radical (unpaired) electrons. The predicted molar refractivity (Wildman–Crippen MR) is 61.2 cm³/mol. The van der Waals surface area contributed by atoms with E-state index in [1.54, 1.807) is 13.8 Å². The fourth-order valence-corrected chi connectivity index (χ4v) is 2.88. The lowest BCUT2D eigenvalue weighted by Gasteiger charge is -2.20. The molecular formula is C10H23O4P. The first-order valence-electron chi connectivity index (χ1n) is 5.51. The smallest absolute Gasteiger partial charge is 0.330 e. The minimum absolute atomic E-state index is 0.168.